The zero-order chi connectivity index (χ0) is 22.9. The highest BCUT2D eigenvalue weighted by Crippen LogP contribution is 2.33. The van der Waals surface area contributed by atoms with Crippen LogP contribution in [-0.4, -0.2) is 40.7 Å². The summed E-state index contributed by atoms with van der Waals surface area (Å²) in [6.07, 6.45) is 8.01. The number of nitrogens with one attached hydrogen (secondary N) is 1. The number of halogens is 1. The highest BCUT2D eigenvalue weighted by molar-refractivity contribution is 5.89. The summed E-state index contributed by atoms with van der Waals surface area (Å²) in [6.45, 7) is 1.77. The van der Waals surface area contributed by atoms with Crippen LogP contribution in [0.15, 0.2) is 55.0 Å². The maximum absolute atomic E-state index is 14.5. The van der Waals surface area contributed by atoms with E-state index >= 15 is 0 Å². The molecule has 0 saturated carbocycles. The Morgan fingerprint density at radius 2 is 1.76 bits per heavy atom. The molecule has 4 aromatic rings. The Kier molecular flexibility index (Phi) is 5.53. The quantitative estimate of drug-likeness (QED) is 0.506. The number of fused-ring (bicyclic) bond motifs is 1. The molecule has 0 amide bonds. The minimum atomic E-state index is -0.554. The fourth-order valence-corrected chi connectivity index (χ4v) is 4.52. The van der Waals surface area contributed by atoms with E-state index in [2.05, 4.69) is 34.7 Å². The van der Waals surface area contributed by atoms with Crippen LogP contribution in [0.5, 0.6) is 0 Å². The second-order valence-corrected chi connectivity index (χ2v) is 8.55. The third-order valence-corrected chi connectivity index (χ3v) is 6.40. The summed E-state index contributed by atoms with van der Waals surface area (Å²) in [5.74, 6) is 0.232. The predicted molar refractivity (Wildman–Crippen MR) is 128 cm³/mol. The first kappa shape index (κ1) is 21.1. The average Bonchev–Trinajstić information content (AvgIpc) is 3.23. The van der Waals surface area contributed by atoms with E-state index in [0.717, 1.165) is 48.1 Å². The largest absolute Gasteiger partial charge is 0.356 e. The van der Waals surface area contributed by atoms with Crippen LogP contribution < -0.4 is 10.2 Å². The molecular formula is C26H25FN6. The van der Waals surface area contributed by atoms with Crippen molar-refractivity contribution < 1.29 is 4.39 Å². The molecule has 0 bridgehead atoms. The molecule has 33 heavy (non-hydrogen) atoms. The molecule has 1 N–H and O–H groups in total. The number of benzene rings is 2. The van der Waals surface area contributed by atoms with Gasteiger partial charge in [-0.3, -0.25) is 4.98 Å². The zero-order valence-corrected chi connectivity index (χ0v) is 18.7. The first-order chi connectivity index (χ1) is 16.1. The standard InChI is InChI=1S/C26H25FN6/c1-29-22-7-9-33(10-8-22)24-14-30-25(17-4-6-20-15-32(2)16-21(20)11-17)26(31-24)18-3-5-19(13-28)23(27)12-18/h3-6,11-12,14-16,22,29H,7-10H2,1-2H3. The molecular weight excluding hydrogens is 415 g/mol. The zero-order valence-electron chi connectivity index (χ0n) is 18.7. The van der Waals surface area contributed by atoms with E-state index in [-0.39, 0.29) is 5.56 Å². The van der Waals surface area contributed by atoms with Gasteiger partial charge in [-0.25, -0.2) is 9.37 Å². The Labute approximate surface area is 192 Å². The molecule has 5 rings (SSSR count). The van der Waals surface area contributed by atoms with Crippen LogP contribution >= 0.6 is 0 Å². The smallest absolute Gasteiger partial charge is 0.147 e. The number of hydrogen-bond acceptors (Lipinski definition) is 5. The van der Waals surface area contributed by atoms with Crippen LogP contribution in [0.1, 0.15) is 18.4 Å². The van der Waals surface area contributed by atoms with Crippen LogP contribution in [0, 0.1) is 17.1 Å². The summed E-state index contributed by atoms with van der Waals surface area (Å²) < 4.78 is 16.6. The Morgan fingerprint density at radius 3 is 2.48 bits per heavy atom. The van der Waals surface area contributed by atoms with E-state index in [1.807, 2.05) is 37.0 Å². The number of aromatic nitrogens is 3. The predicted octanol–water partition coefficient (Wildman–Crippen LogP) is 4.50. The second-order valence-electron chi connectivity index (χ2n) is 8.55. The Morgan fingerprint density at radius 1 is 1.03 bits per heavy atom. The van der Waals surface area contributed by atoms with Crippen molar-refractivity contribution in [1.29, 1.82) is 5.26 Å². The van der Waals surface area contributed by atoms with Gasteiger partial charge in [-0.2, -0.15) is 5.26 Å². The first-order valence-corrected chi connectivity index (χ1v) is 11.1. The number of piperidine rings is 1. The lowest BCUT2D eigenvalue weighted by Gasteiger charge is -2.32. The van der Waals surface area contributed by atoms with Crippen LogP contribution in [0.3, 0.4) is 0 Å². The lowest BCUT2D eigenvalue weighted by Crippen LogP contribution is -2.41. The molecule has 1 aliphatic heterocycles. The van der Waals surface area contributed by atoms with Crippen molar-refractivity contribution in [3.63, 3.8) is 0 Å². The number of nitrogens with zero attached hydrogens (tertiary/aromatic N) is 5. The highest BCUT2D eigenvalue weighted by Gasteiger charge is 2.21. The number of anilines is 1. The molecule has 166 valence electrons. The monoisotopic (exact) mass is 440 g/mol. The molecule has 2 aromatic carbocycles. The third-order valence-electron chi connectivity index (χ3n) is 6.40. The van der Waals surface area contributed by atoms with E-state index in [4.69, 9.17) is 15.2 Å². The second kappa shape index (κ2) is 8.64. The van der Waals surface area contributed by atoms with E-state index in [1.54, 1.807) is 6.07 Å². The van der Waals surface area contributed by atoms with Gasteiger partial charge in [-0.05, 0) is 48.9 Å². The van der Waals surface area contributed by atoms with Gasteiger partial charge in [-0.1, -0.05) is 18.2 Å². The summed E-state index contributed by atoms with van der Waals surface area (Å²) in [7, 11) is 3.99. The lowest BCUT2D eigenvalue weighted by atomic mass is 10.0. The van der Waals surface area contributed by atoms with Crippen molar-refractivity contribution in [2.45, 2.75) is 18.9 Å². The van der Waals surface area contributed by atoms with Crippen LogP contribution in [0.25, 0.3) is 33.3 Å². The first-order valence-electron chi connectivity index (χ1n) is 11.1. The fraction of sp³-hybridized carbons (Fsp3) is 0.269. The molecule has 0 atom stereocenters. The van der Waals surface area contributed by atoms with Crippen LogP contribution in [0.4, 0.5) is 10.2 Å². The lowest BCUT2D eigenvalue weighted by molar-refractivity contribution is 0.440. The van der Waals surface area contributed by atoms with Gasteiger partial charge in [0.2, 0.25) is 0 Å². The van der Waals surface area contributed by atoms with Gasteiger partial charge in [0.25, 0.3) is 0 Å². The Bertz CT molecular complexity index is 1360. The molecule has 0 radical (unpaired) electrons. The topological polar surface area (TPSA) is 69.8 Å². The third kappa shape index (κ3) is 4.06. The molecule has 1 aliphatic rings. The van der Waals surface area contributed by atoms with Crippen molar-refractivity contribution in [3.8, 4) is 28.6 Å². The van der Waals surface area contributed by atoms with Crippen molar-refractivity contribution >= 4 is 16.6 Å². The van der Waals surface area contributed by atoms with Gasteiger partial charge < -0.3 is 14.8 Å². The summed E-state index contributed by atoms with van der Waals surface area (Å²) in [5, 5.41) is 14.7. The van der Waals surface area contributed by atoms with Gasteiger partial charge in [0.1, 0.15) is 17.7 Å². The molecule has 1 fully saturated rings. The van der Waals surface area contributed by atoms with E-state index in [9.17, 15) is 4.39 Å². The molecule has 3 heterocycles. The maximum atomic E-state index is 14.5. The molecule has 6 nitrogen and oxygen atoms in total. The van der Waals surface area contributed by atoms with E-state index in [0.29, 0.717) is 23.0 Å². The van der Waals surface area contributed by atoms with Gasteiger partial charge in [0.15, 0.2) is 0 Å². The number of nitriles is 1. The normalized spacial score (nSPS) is 14.5. The van der Waals surface area contributed by atoms with Crippen molar-refractivity contribution in [3.05, 3.63) is 66.4 Å². The number of rotatable bonds is 4. The van der Waals surface area contributed by atoms with Gasteiger partial charge in [0.05, 0.1) is 23.1 Å². The number of aryl methyl sites for hydroxylation is 1. The average molecular weight is 441 g/mol. The van der Waals surface area contributed by atoms with Crippen LogP contribution in [-0.2, 0) is 7.05 Å². The molecule has 7 heteroatoms. The van der Waals surface area contributed by atoms with Gasteiger partial charge >= 0.3 is 0 Å². The summed E-state index contributed by atoms with van der Waals surface area (Å²) in [6, 6.07) is 13.2. The summed E-state index contributed by atoms with van der Waals surface area (Å²) in [5.41, 5.74) is 2.85. The van der Waals surface area contributed by atoms with Gasteiger partial charge in [0, 0.05) is 49.7 Å². The molecule has 0 aliphatic carbocycles. The maximum Gasteiger partial charge on any atom is 0.147 e. The van der Waals surface area contributed by atoms with Crippen molar-refractivity contribution in [2.75, 3.05) is 25.0 Å². The minimum absolute atomic E-state index is 0.0178. The van der Waals surface area contributed by atoms with Crippen molar-refractivity contribution in [1.82, 2.24) is 19.9 Å². The molecule has 2 aromatic heterocycles. The SMILES string of the molecule is CNC1CCN(c2cnc(-c3ccc4cn(C)cc4c3)c(-c3ccc(C#N)c(F)c3)n2)CC1. The number of hydrogen-bond donors (Lipinski definition) is 1. The molecule has 0 spiro atoms. The van der Waals surface area contributed by atoms with Gasteiger partial charge in [-0.15, -0.1) is 0 Å². The fourth-order valence-electron chi connectivity index (χ4n) is 4.52. The molecule has 1 saturated heterocycles. The van der Waals surface area contributed by atoms with E-state index in [1.165, 1.54) is 12.1 Å². The summed E-state index contributed by atoms with van der Waals surface area (Å²) >= 11 is 0. The Hall–Kier alpha value is -3.76. The Balaban J connectivity index is 1.61. The van der Waals surface area contributed by atoms with E-state index < -0.39 is 5.82 Å². The van der Waals surface area contributed by atoms with Crippen LogP contribution in [0.2, 0.25) is 0 Å². The minimum Gasteiger partial charge on any atom is -0.356 e. The highest BCUT2D eigenvalue weighted by atomic mass is 19.1. The van der Waals surface area contributed by atoms with Crippen molar-refractivity contribution in [2.24, 2.45) is 7.05 Å². The molecule has 0 unspecified atom stereocenters. The summed E-state index contributed by atoms with van der Waals surface area (Å²) in [4.78, 5) is 12.0.